The summed E-state index contributed by atoms with van der Waals surface area (Å²) in [6.07, 6.45) is 5.19. The van der Waals surface area contributed by atoms with Gasteiger partial charge in [-0.2, -0.15) is 0 Å². The first-order chi connectivity index (χ1) is 10.8. The van der Waals surface area contributed by atoms with Crippen molar-refractivity contribution in [2.24, 2.45) is 0 Å². The number of hydrogen-bond acceptors (Lipinski definition) is 4. The number of H-pyrrole nitrogens is 1. The first-order valence-corrected chi connectivity index (χ1v) is 8.36. The van der Waals surface area contributed by atoms with Crippen LogP contribution >= 0.6 is 0 Å². The molecular formula is C17H23N3O2. The Morgan fingerprint density at radius 1 is 1.23 bits per heavy atom. The molecule has 1 N–H and O–H groups in total. The molecular weight excluding hydrogens is 278 g/mol. The topological polar surface area (TPSA) is 50.4 Å². The second-order valence-corrected chi connectivity index (χ2v) is 6.22. The molecule has 5 heteroatoms. The van der Waals surface area contributed by atoms with Gasteiger partial charge in [-0.3, -0.25) is 4.90 Å². The van der Waals surface area contributed by atoms with Crippen molar-refractivity contribution in [1.82, 2.24) is 14.9 Å². The summed E-state index contributed by atoms with van der Waals surface area (Å²) in [5, 5.41) is 0. The third-order valence-corrected chi connectivity index (χ3v) is 4.77. The summed E-state index contributed by atoms with van der Waals surface area (Å²) in [6.45, 7) is 5.59. The van der Waals surface area contributed by atoms with Crippen molar-refractivity contribution in [2.75, 3.05) is 19.8 Å². The lowest BCUT2D eigenvalue weighted by molar-refractivity contribution is 0.133. The van der Waals surface area contributed by atoms with Crippen LogP contribution in [0.4, 0.5) is 0 Å². The van der Waals surface area contributed by atoms with Gasteiger partial charge < -0.3 is 14.5 Å². The highest BCUT2D eigenvalue weighted by molar-refractivity contribution is 5.79. The molecule has 2 aliphatic rings. The predicted octanol–water partition coefficient (Wildman–Crippen LogP) is 3.10. The van der Waals surface area contributed by atoms with Crippen LogP contribution in [0.1, 0.15) is 38.4 Å². The molecule has 3 heterocycles. The molecule has 1 atom stereocenters. The van der Waals surface area contributed by atoms with Crippen molar-refractivity contribution in [3.8, 4) is 11.5 Å². The van der Waals surface area contributed by atoms with E-state index in [1.54, 1.807) is 0 Å². The number of nitrogens with zero attached hydrogens (tertiary/aromatic N) is 2. The number of piperidine rings is 1. The molecule has 0 amide bonds. The predicted molar refractivity (Wildman–Crippen MR) is 85.4 cm³/mol. The van der Waals surface area contributed by atoms with Crippen LogP contribution in [-0.2, 0) is 6.54 Å². The molecule has 2 aromatic rings. The summed E-state index contributed by atoms with van der Waals surface area (Å²) in [4.78, 5) is 10.8. The van der Waals surface area contributed by atoms with Gasteiger partial charge in [0.2, 0.25) is 0 Å². The smallest absolute Gasteiger partial charge is 0.163 e. The van der Waals surface area contributed by atoms with E-state index in [4.69, 9.17) is 14.5 Å². The van der Waals surface area contributed by atoms with E-state index in [0.29, 0.717) is 19.3 Å². The maximum absolute atomic E-state index is 5.64. The molecule has 1 aromatic heterocycles. The van der Waals surface area contributed by atoms with Gasteiger partial charge in [-0.25, -0.2) is 4.98 Å². The molecule has 22 heavy (non-hydrogen) atoms. The number of fused-ring (bicyclic) bond motifs is 2. The van der Waals surface area contributed by atoms with E-state index in [2.05, 4.69) is 16.8 Å². The quantitative estimate of drug-likeness (QED) is 0.946. The van der Waals surface area contributed by atoms with Crippen LogP contribution in [0.25, 0.3) is 11.0 Å². The van der Waals surface area contributed by atoms with Gasteiger partial charge in [-0.05, 0) is 25.8 Å². The van der Waals surface area contributed by atoms with E-state index >= 15 is 0 Å². The van der Waals surface area contributed by atoms with Crippen molar-refractivity contribution in [3.63, 3.8) is 0 Å². The fourth-order valence-corrected chi connectivity index (χ4v) is 3.60. The Balaban J connectivity index is 1.59. The second kappa shape index (κ2) is 5.80. The van der Waals surface area contributed by atoms with Crippen LogP contribution < -0.4 is 9.47 Å². The van der Waals surface area contributed by atoms with Crippen molar-refractivity contribution < 1.29 is 9.47 Å². The Morgan fingerprint density at radius 3 is 2.86 bits per heavy atom. The number of hydrogen-bond donors (Lipinski definition) is 1. The standard InChI is InChI=1S/C17H23N3O2/c1-2-12-5-3-4-6-20(12)11-17-18-13-9-15-16(10-14(13)19-17)22-8-7-21-15/h9-10,12H,2-8,11H2,1H3,(H,18,19). The molecule has 4 rings (SSSR count). The number of likely N-dealkylation sites (tertiary alicyclic amines) is 1. The molecule has 0 spiro atoms. The Hall–Kier alpha value is -1.75. The third kappa shape index (κ3) is 2.54. The number of ether oxygens (including phenoxy) is 2. The summed E-state index contributed by atoms with van der Waals surface area (Å²) < 4.78 is 11.3. The van der Waals surface area contributed by atoms with Crippen molar-refractivity contribution in [3.05, 3.63) is 18.0 Å². The Bertz CT molecular complexity index is 624. The minimum absolute atomic E-state index is 0.613. The first kappa shape index (κ1) is 13.9. The second-order valence-electron chi connectivity index (χ2n) is 6.22. The average molecular weight is 301 g/mol. The fraction of sp³-hybridized carbons (Fsp3) is 0.588. The average Bonchev–Trinajstić information content (AvgIpc) is 2.94. The van der Waals surface area contributed by atoms with Gasteiger partial charge in [0.1, 0.15) is 19.0 Å². The van der Waals surface area contributed by atoms with E-state index in [0.717, 1.165) is 34.9 Å². The minimum Gasteiger partial charge on any atom is -0.486 e. The molecule has 5 nitrogen and oxygen atoms in total. The lowest BCUT2D eigenvalue weighted by atomic mass is 10.0. The van der Waals surface area contributed by atoms with Gasteiger partial charge in [0.15, 0.2) is 11.5 Å². The van der Waals surface area contributed by atoms with Gasteiger partial charge >= 0.3 is 0 Å². The van der Waals surface area contributed by atoms with E-state index in [1.165, 1.54) is 32.2 Å². The fourth-order valence-electron chi connectivity index (χ4n) is 3.60. The number of nitrogens with one attached hydrogen (secondary N) is 1. The zero-order chi connectivity index (χ0) is 14.9. The summed E-state index contributed by atoms with van der Waals surface area (Å²) >= 11 is 0. The molecule has 118 valence electrons. The Morgan fingerprint density at radius 2 is 2.05 bits per heavy atom. The van der Waals surface area contributed by atoms with Crippen molar-refractivity contribution in [2.45, 2.75) is 45.2 Å². The van der Waals surface area contributed by atoms with Crippen LogP contribution in [0.5, 0.6) is 11.5 Å². The molecule has 0 radical (unpaired) electrons. The van der Waals surface area contributed by atoms with E-state index in [9.17, 15) is 0 Å². The third-order valence-electron chi connectivity index (χ3n) is 4.77. The largest absolute Gasteiger partial charge is 0.486 e. The van der Waals surface area contributed by atoms with Gasteiger partial charge in [-0.15, -0.1) is 0 Å². The Labute approximate surface area is 130 Å². The molecule has 0 aliphatic carbocycles. The summed E-state index contributed by atoms with van der Waals surface area (Å²) in [7, 11) is 0. The van der Waals surface area contributed by atoms with Crippen molar-refractivity contribution >= 4 is 11.0 Å². The minimum atomic E-state index is 0.613. The molecule has 1 saturated heterocycles. The molecule has 2 aliphatic heterocycles. The lowest BCUT2D eigenvalue weighted by Crippen LogP contribution is -2.38. The molecule has 0 saturated carbocycles. The van der Waals surface area contributed by atoms with E-state index in [-0.39, 0.29) is 0 Å². The number of rotatable bonds is 3. The maximum atomic E-state index is 5.64. The highest BCUT2D eigenvalue weighted by atomic mass is 16.6. The van der Waals surface area contributed by atoms with Crippen LogP contribution in [-0.4, -0.2) is 40.7 Å². The van der Waals surface area contributed by atoms with Crippen LogP contribution in [0.15, 0.2) is 12.1 Å². The highest BCUT2D eigenvalue weighted by Gasteiger charge is 2.22. The lowest BCUT2D eigenvalue weighted by Gasteiger charge is -2.34. The van der Waals surface area contributed by atoms with Gasteiger partial charge in [0, 0.05) is 18.2 Å². The summed E-state index contributed by atoms with van der Waals surface area (Å²) in [5.41, 5.74) is 1.99. The van der Waals surface area contributed by atoms with E-state index < -0.39 is 0 Å². The normalized spacial score (nSPS) is 22.1. The molecule has 0 bridgehead atoms. The van der Waals surface area contributed by atoms with Crippen LogP contribution in [0.2, 0.25) is 0 Å². The SMILES string of the molecule is CCC1CCCCN1Cc1nc2cc3c(cc2[nH]1)OCCO3. The molecule has 1 aromatic carbocycles. The number of imidazole rings is 1. The monoisotopic (exact) mass is 301 g/mol. The zero-order valence-electron chi connectivity index (χ0n) is 13.1. The molecule has 1 unspecified atom stereocenters. The number of benzene rings is 1. The van der Waals surface area contributed by atoms with Gasteiger partial charge in [-0.1, -0.05) is 13.3 Å². The maximum Gasteiger partial charge on any atom is 0.163 e. The summed E-state index contributed by atoms with van der Waals surface area (Å²) in [5.74, 6) is 2.66. The van der Waals surface area contributed by atoms with Crippen LogP contribution in [0.3, 0.4) is 0 Å². The summed E-state index contributed by atoms with van der Waals surface area (Å²) in [6, 6.07) is 4.69. The first-order valence-electron chi connectivity index (χ1n) is 8.36. The highest BCUT2D eigenvalue weighted by Crippen LogP contribution is 2.34. The van der Waals surface area contributed by atoms with Gasteiger partial charge in [0.05, 0.1) is 17.6 Å². The van der Waals surface area contributed by atoms with Crippen molar-refractivity contribution in [1.29, 1.82) is 0 Å². The van der Waals surface area contributed by atoms with Gasteiger partial charge in [0.25, 0.3) is 0 Å². The van der Waals surface area contributed by atoms with Crippen LogP contribution in [0, 0.1) is 0 Å². The number of aromatic nitrogens is 2. The number of aromatic amines is 1. The molecule has 1 fully saturated rings. The zero-order valence-corrected chi connectivity index (χ0v) is 13.1. The Kier molecular flexibility index (Phi) is 3.66. The van der Waals surface area contributed by atoms with E-state index in [1.807, 2.05) is 12.1 Å².